The van der Waals surface area contributed by atoms with E-state index < -0.39 is 20.6 Å². The first kappa shape index (κ1) is 14.3. The van der Waals surface area contributed by atoms with Gasteiger partial charge >= 0.3 is 6.18 Å². The second kappa shape index (κ2) is 4.17. The van der Waals surface area contributed by atoms with Gasteiger partial charge in [-0.2, -0.15) is 13.2 Å². The van der Waals surface area contributed by atoms with Gasteiger partial charge < -0.3 is 0 Å². The summed E-state index contributed by atoms with van der Waals surface area (Å²) in [6, 6.07) is 4.35. The van der Waals surface area contributed by atoms with E-state index >= 15 is 0 Å². The summed E-state index contributed by atoms with van der Waals surface area (Å²) in [4.78, 5) is -0.221. The monoisotopic (exact) mass is 286 g/mol. The molecule has 0 aromatic heterocycles. The molecule has 2 nitrogen and oxygen atoms in total. The Morgan fingerprint density at radius 3 is 1.76 bits per heavy atom. The number of hydrogen-bond donors (Lipinski definition) is 0. The molecule has 1 aromatic rings. The second-order valence-electron chi connectivity index (χ2n) is 4.08. The van der Waals surface area contributed by atoms with Crippen LogP contribution in [0.5, 0.6) is 0 Å². The van der Waals surface area contributed by atoms with Gasteiger partial charge in [-0.1, -0.05) is 12.1 Å². The largest absolute Gasteiger partial charge is 0.397 e. The molecular weight excluding hydrogens is 277 g/mol. The van der Waals surface area contributed by atoms with E-state index in [2.05, 4.69) is 0 Å². The van der Waals surface area contributed by atoms with Crippen LogP contribution in [-0.2, 0) is 14.5 Å². The normalized spacial score (nSPS) is 13.8. The minimum Gasteiger partial charge on any atom is -0.207 e. The molecule has 17 heavy (non-hydrogen) atoms. The number of hydrogen-bond acceptors (Lipinski definition) is 2. The van der Waals surface area contributed by atoms with Crippen LogP contribution in [0, 0.1) is 0 Å². The highest BCUT2D eigenvalue weighted by molar-refractivity contribution is 8.13. The summed E-state index contributed by atoms with van der Waals surface area (Å²) < 4.78 is 60.0. The first-order valence-corrected chi connectivity index (χ1v) is 6.89. The predicted molar refractivity (Wildman–Crippen MR) is 58.6 cm³/mol. The zero-order valence-corrected chi connectivity index (χ0v) is 10.6. The average Bonchev–Trinajstić information content (AvgIpc) is 2.15. The van der Waals surface area contributed by atoms with E-state index in [-0.39, 0.29) is 10.5 Å². The molecule has 0 fully saturated rings. The van der Waals surface area contributed by atoms with E-state index in [1.165, 1.54) is 0 Å². The lowest BCUT2D eigenvalue weighted by molar-refractivity contribution is -0.180. The fraction of sp³-hybridized carbons (Fsp3) is 0.400. The van der Waals surface area contributed by atoms with Crippen LogP contribution in [0.3, 0.4) is 0 Å². The van der Waals surface area contributed by atoms with E-state index in [1.54, 1.807) is 0 Å². The Bertz CT molecular complexity index is 503. The van der Waals surface area contributed by atoms with Crippen molar-refractivity contribution in [2.75, 3.05) is 0 Å². The van der Waals surface area contributed by atoms with E-state index in [0.29, 0.717) is 0 Å². The maximum atomic E-state index is 12.7. The summed E-state index contributed by atoms with van der Waals surface area (Å²) in [5.41, 5.74) is -2.06. The van der Waals surface area contributed by atoms with Crippen LogP contribution >= 0.6 is 10.7 Å². The van der Waals surface area contributed by atoms with Crippen molar-refractivity contribution in [1.29, 1.82) is 0 Å². The van der Waals surface area contributed by atoms with Crippen LogP contribution < -0.4 is 0 Å². The number of benzene rings is 1. The van der Waals surface area contributed by atoms with Gasteiger partial charge in [-0.3, -0.25) is 0 Å². The van der Waals surface area contributed by atoms with Gasteiger partial charge in [0, 0.05) is 10.7 Å². The Morgan fingerprint density at radius 1 is 1.06 bits per heavy atom. The Morgan fingerprint density at radius 2 is 1.47 bits per heavy atom. The zero-order valence-electron chi connectivity index (χ0n) is 9.05. The quantitative estimate of drug-likeness (QED) is 0.780. The lowest BCUT2D eigenvalue weighted by Crippen LogP contribution is -2.36. The summed E-state index contributed by atoms with van der Waals surface area (Å²) in [6.45, 7) is 2.05. The first-order valence-electron chi connectivity index (χ1n) is 4.58. The van der Waals surface area contributed by atoms with Crippen molar-refractivity contribution in [3.8, 4) is 0 Å². The molecule has 0 heterocycles. The fourth-order valence-electron chi connectivity index (χ4n) is 1.20. The Labute approximate surface area is 102 Å². The van der Waals surface area contributed by atoms with Crippen molar-refractivity contribution in [1.82, 2.24) is 0 Å². The van der Waals surface area contributed by atoms with Crippen molar-refractivity contribution in [3.05, 3.63) is 29.8 Å². The lowest BCUT2D eigenvalue weighted by atomic mass is 9.84. The number of halogens is 4. The molecule has 0 radical (unpaired) electrons. The Hall–Kier alpha value is -0.750. The molecule has 7 heteroatoms. The van der Waals surface area contributed by atoms with Gasteiger partial charge in [0.15, 0.2) is 0 Å². The van der Waals surface area contributed by atoms with Gasteiger partial charge in [0.1, 0.15) is 0 Å². The molecule has 0 aliphatic carbocycles. The second-order valence-corrected chi connectivity index (χ2v) is 6.65. The van der Waals surface area contributed by atoms with Gasteiger partial charge in [0.2, 0.25) is 0 Å². The van der Waals surface area contributed by atoms with Crippen LogP contribution in [0.15, 0.2) is 29.2 Å². The maximum Gasteiger partial charge on any atom is 0.397 e. The maximum absolute atomic E-state index is 12.7. The van der Waals surface area contributed by atoms with Crippen LogP contribution in [-0.4, -0.2) is 14.6 Å². The highest BCUT2D eigenvalue weighted by Gasteiger charge is 2.48. The van der Waals surface area contributed by atoms with Crippen molar-refractivity contribution >= 4 is 19.7 Å². The standard InChI is InChI=1S/C10H10ClF3O2S/c1-9(2,10(12,13)14)7-3-5-8(6-4-7)17(11,15)16/h3-6H,1-2H3. The van der Waals surface area contributed by atoms with Gasteiger partial charge in [-0.25, -0.2) is 8.42 Å². The van der Waals surface area contributed by atoms with Crippen molar-refractivity contribution in [3.63, 3.8) is 0 Å². The Kier molecular flexibility index (Phi) is 3.51. The molecule has 0 saturated carbocycles. The molecule has 0 amide bonds. The molecule has 1 aromatic carbocycles. The minimum atomic E-state index is -4.41. The third-order valence-corrected chi connectivity index (χ3v) is 3.94. The van der Waals surface area contributed by atoms with Crippen LogP contribution in [0.25, 0.3) is 0 Å². The van der Waals surface area contributed by atoms with Gasteiger partial charge in [-0.05, 0) is 31.5 Å². The summed E-state index contributed by atoms with van der Waals surface area (Å²) >= 11 is 0. The van der Waals surface area contributed by atoms with Crippen molar-refractivity contribution in [2.45, 2.75) is 30.3 Å². The molecule has 0 unspecified atom stereocenters. The highest BCUT2D eigenvalue weighted by atomic mass is 35.7. The van der Waals surface area contributed by atoms with Crippen LogP contribution in [0.2, 0.25) is 0 Å². The number of alkyl halides is 3. The highest BCUT2D eigenvalue weighted by Crippen LogP contribution is 2.40. The Balaban J connectivity index is 3.21. The third kappa shape index (κ3) is 2.93. The fourth-order valence-corrected chi connectivity index (χ4v) is 1.97. The van der Waals surface area contributed by atoms with E-state index in [0.717, 1.165) is 38.1 Å². The molecule has 0 N–H and O–H groups in total. The topological polar surface area (TPSA) is 34.1 Å². The lowest BCUT2D eigenvalue weighted by Gasteiger charge is -2.28. The van der Waals surface area contributed by atoms with E-state index in [4.69, 9.17) is 10.7 Å². The summed E-state index contributed by atoms with van der Waals surface area (Å²) in [5, 5.41) is 0. The summed E-state index contributed by atoms with van der Waals surface area (Å²) in [7, 11) is 1.16. The number of rotatable bonds is 2. The molecule has 0 atom stereocenters. The van der Waals surface area contributed by atoms with Gasteiger partial charge in [0.25, 0.3) is 9.05 Å². The van der Waals surface area contributed by atoms with Crippen molar-refractivity contribution < 1.29 is 21.6 Å². The molecular formula is C10H10ClF3O2S. The SMILES string of the molecule is CC(C)(c1ccc(S(=O)(=O)Cl)cc1)C(F)(F)F. The molecule has 0 saturated heterocycles. The summed E-state index contributed by atoms with van der Waals surface area (Å²) in [6.07, 6.45) is -4.41. The molecule has 0 aliphatic rings. The van der Waals surface area contributed by atoms with Crippen molar-refractivity contribution in [2.24, 2.45) is 0 Å². The summed E-state index contributed by atoms with van der Waals surface area (Å²) in [5.74, 6) is 0. The molecule has 0 spiro atoms. The molecule has 0 aliphatic heterocycles. The third-order valence-electron chi connectivity index (χ3n) is 2.57. The molecule has 96 valence electrons. The molecule has 0 bridgehead atoms. The average molecular weight is 287 g/mol. The smallest absolute Gasteiger partial charge is 0.207 e. The first-order chi connectivity index (χ1) is 7.46. The zero-order chi connectivity index (χ0) is 13.5. The van der Waals surface area contributed by atoms with E-state index in [1.807, 2.05) is 0 Å². The predicted octanol–water partition coefficient (Wildman–Crippen LogP) is 3.45. The van der Waals surface area contributed by atoms with Crippen LogP contribution in [0.1, 0.15) is 19.4 Å². The van der Waals surface area contributed by atoms with Crippen LogP contribution in [0.4, 0.5) is 13.2 Å². The van der Waals surface area contributed by atoms with E-state index in [9.17, 15) is 21.6 Å². The minimum absolute atomic E-state index is 0.0194. The molecule has 1 rings (SSSR count). The van der Waals surface area contributed by atoms with Gasteiger partial charge in [0.05, 0.1) is 10.3 Å². The van der Waals surface area contributed by atoms with Gasteiger partial charge in [-0.15, -0.1) is 0 Å².